The topological polar surface area (TPSA) is 0 Å². The molecule has 0 N–H and O–H groups in total. The summed E-state index contributed by atoms with van der Waals surface area (Å²) in [5.74, 6) is 0. The fourth-order valence-corrected chi connectivity index (χ4v) is 10.0. The highest BCUT2D eigenvalue weighted by molar-refractivity contribution is 8.07. The molecule has 1 atom stereocenters. The van der Waals surface area contributed by atoms with E-state index < -0.39 is 0 Å². The number of hydrogen-bond donors (Lipinski definition) is 0. The molecule has 0 aromatic heterocycles. The van der Waals surface area contributed by atoms with Crippen molar-refractivity contribution in [2.45, 2.75) is 94.7 Å². The van der Waals surface area contributed by atoms with Crippen LogP contribution in [0.5, 0.6) is 0 Å². The van der Waals surface area contributed by atoms with Crippen LogP contribution < -0.4 is 21.9 Å². The Morgan fingerprint density at radius 1 is 0.442 bits per heavy atom. The standard InChI is InChI=1S/C40H48B2S/c1-23-15-27(5)37(28(6)16-23)41(38-29(7)17-24(2)18-30(38)8)35-13-14-36(43-35)42(39-31(9)19-25(3)20-32(39)10)40-33(11)21-26(4)22-34(40)12/h13,15-22,36H,14H2,1-12H3. The zero-order valence-corrected chi connectivity index (χ0v) is 29.4. The Hall–Kier alpha value is -2.90. The van der Waals surface area contributed by atoms with E-state index in [4.69, 9.17) is 0 Å². The second-order valence-corrected chi connectivity index (χ2v) is 15.0. The van der Waals surface area contributed by atoms with Crippen LogP contribution in [0.1, 0.15) is 73.2 Å². The lowest BCUT2D eigenvalue weighted by Crippen LogP contribution is -2.54. The van der Waals surface area contributed by atoms with E-state index in [9.17, 15) is 0 Å². The molecule has 0 nitrogen and oxygen atoms in total. The number of hydrogen-bond acceptors (Lipinski definition) is 1. The highest BCUT2D eigenvalue weighted by Gasteiger charge is 2.40. The van der Waals surface area contributed by atoms with Crippen LogP contribution in [-0.2, 0) is 0 Å². The first-order chi connectivity index (χ1) is 20.3. The number of aryl methyl sites for hydroxylation is 12. The fraction of sp³-hybridized carbons (Fsp3) is 0.350. The SMILES string of the molecule is Cc1cc(C)c(B(C2=CCC(B(c3c(C)cc(C)cc3C)c3c(C)cc(C)cc3C)S2)c2c(C)cc(C)cc2C)c(C)c1. The summed E-state index contributed by atoms with van der Waals surface area (Å²) in [7, 11) is 0. The molecule has 3 heteroatoms. The van der Waals surface area contributed by atoms with Crippen molar-refractivity contribution < 1.29 is 0 Å². The normalized spacial score (nSPS) is 14.7. The number of rotatable bonds is 6. The Kier molecular flexibility index (Phi) is 8.97. The minimum absolute atomic E-state index is 0.247. The van der Waals surface area contributed by atoms with Crippen molar-refractivity contribution in [3.8, 4) is 0 Å². The predicted octanol–water partition coefficient (Wildman–Crippen LogP) is 7.77. The van der Waals surface area contributed by atoms with Crippen molar-refractivity contribution in [1.29, 1.82) is 0 Å². The van der Waals surface area contributed by atoms with Crippen LogP contribution in [0.3, 0.4) is 0 Å². The average Bonchev–Trinajstić information content (AvgIpc) is 3.34. The van der Waals surface area contributed by atoms with Gasteiger partial charge in [-0.25, -0.2) is 0 Å². The molecule has 220 valence electrons. The number of benzene rings is 4. The molecule has 1 heterocycles. The van der Waals surface area contributed by atoms with Crippen LogP contribution in [0.4, 0.5) is 0 Å². The summed E-state index contributed by atoms with van der Waals surface area (Å²) in [6.45, 7) is 28.1. The Bertz CT molecular complexity index is 1550. The summed E-state index contributed by atoms with van der Waals surface area (Å²) in [5, 5.41) is 0.440. The molecular formula is C40H48B2S. The molecule has 1 aliphatic rings. The summed E-state index contributed by atoms with van der Waals surface area (Å²) < 4.78 is 0. The van der Waals surface area contributed by atoms with Crippen LogP contribution in [0.25, 0.3) is 0 Å². The molecule has 0 saturated carbocycles. The van der Waals surface area contributed by atoms with E-state index >= 15 is 0 Å². The van der Waals surface area contributed by atoms with E-state index in [2.05, 4.69) is 149 Å². The van der Waals surface area contributed by atoms with Gasteiger partial charge in [0.1, 0.15) is 0 Å². The maximum Gasteiger partial charge on any atom is 0.249 e. The Morgan fingerprint density at radius 3 is 1.02 bits per heavy atom. The van der Waals surface area contributed by atoms with E-state index in [0.29, 0.717) is 11.9 Å². The first-order valence-electron chi connectivity index (χ1n) is 15.9. The lowest BCUT2D eigenvalue weighted by atomic mass is 9.35. The summed E-state index contributed by atoms with van der Waals surface area (Å²) in [4.78, 5) is 1.52. The first kappa shape index (κ1) is 31.5. The van der Waals surface area contributed by atoms with Crippen molar-refractivity contribution in [2.24, 2.45) is 0 Å². The van der Waals surface area contributed by atoms with E-state index in [1.165, 1.54) is 93.4 Å². The summed E-state index contributed by atoms with van der Waals surface area (Å²) in [6.07, 6.45) is 3.68. The number of allylic oxidation sites excluding steroid dienone is 1. The Morgan fingerprint density at radius 2 is 0.721 bits per heavy atom. The maximum atomic E-state index is 2.60. The number of thioether (sulfide) groups is 1. The van der Waals surface area contributed by atoms with E-state index in [1.54, 1.807) is 0 Å². The minimum Gasteiger partial charge on any atom is -0.143 e. The van der Waals surface area contributed by atoms with Crippen LogP contribution in [0.15, 0.2) is 59.4 Å². The van der Waals surface area contributed by atoms with Gasteiger partial charge in [-0.15, -0.1) is 11.8 Å². The van der Waals surface area contributed by atoms with Crippen molar-refractivity contribution in [3.05, 3.63) is 126 Å². The summed E-state index contributed by atoms with van der Waals surface area (Å²) in [5.41, 5.74) is 22.7. The Labute approximate surface area is 267 Å². The van der Waals surface area contributed by atoms with Crippen LogP contribution >= 0.6 is 11.8 Å². The van der Waals surface area contributed by atoms with E-state index in [1.807, 2.05) is 0 Å². The third-order valence-corrected chi connectivity index (χ3v) is 11.1. The third kappa shape index (κ3) is 6.08. The minimum atomic E-state index is 0.247. The van der Waals surface area contributed by atoms with Crippen LogP contribution in [-0.4, -0.2) is 18.6 Å². The van der Waals surface area contributed by atoms with E-state index in [0.717, 1.165) is 6.42 Å². The van der Waals surface area contributed by atoms with Gasteiger partial charge >= 0.3 is 0 Å². The molecular weight excluding hydrogens is 534 g/mol. The lowest BCUT2D eigenvalue weighted by Gasteiger charge is -2.29. The van der Waals surface area contributed by atoms with Gasteiger partial charge in [0, 0.05) is 5.15 Å². The van der Waals surface area contributed by atoms with Gasteiger partial charge in [0.15, 0.2) is 0 Å². The maximum absolute atomic E-state index is 2.60. The molecule has 4 aromatic rings. The lowest BCUT2D eigenvalue weighted by molar-refractivity contribution is 1.17. The molecule has 0 amide bonds. The smallest absolute Gasteiger partial charge is 0.143 e. The average molecular weight is 583 g/mol. The van der Waals surface area contributed by atoms with Crippen molar-refractivity contribution in [1.82, 2.24) is 0 Å². The summed E-state index contributed by atoms with van der Waals surface area (Å²) in [6, 6.07) is 19.1. The molecule has 0 fully saturated rings. The molecule has 4 aromatic carbocycles. The molecule has 1 unspecified atom stereocenters. The van der Waals surface area contributed by atoms with Crippen molar-refractivity contribution in [3.63, 3.8) is 0 Å². The highest BCUT2D eigenvalue weighted by atomic mass is 32.2. The first-order valence-corrected chi connectivity index (χ1v) is 16.8. The molecule has 43 heavy (non-hydrogen) atoms. The van der Waals surface area contributed by atoms with Gasteiger partial charge in [0.25, 0.3) is 0 Å². The van der Waals surface area contributed by atoms with Gasteiger partial charge in [0.05, 0.1) is 0 Å². The third-order valence-electron chi connectivity index (χ3n) is 9.65. The van der Waals surface area contributed by atoms with Crippen LogP contribution in [0, 0.1) is 83.1 Å². The zero-order chi connectivity index (χ0) is 31.3. The second kappa shape index (κ2) is 12.2. The van der Waals surface area contributed by atoms with Gasteiger partial charge < -0.3 is 0 Å². The van der Waals surface area contributed by atoms with Gasteiger partial charge in [-0.05, 0) is 94.3 Å². The second-order valence-electron chi connectivity index (χ2n) is 13.7. The fourth-order valence-electron chi connectivity index (χ4n) is 8.49. The molecule has 0 bridgehead atoms. The zero-order valence-electron chi connectivity index (χ0n) is 28.5. The largest absolute Gasteiger partial charge is 0.249 e. The molecule has 0 saturated heterocycles. The molecule has 0 spiro atoms. The van der Waals surface area contributed by atoms with Gasteiger partial charge in [-0.2, -0.15) is 0 Å². The van der Waals surface area contributed by atoms with Gasteiger partial charge in [-0.3, -0.25) is 0 Å². The monoisotopic (exact) mass is 582 g/mol. The molecule has 5 rings (SSSR count). The van der Waals surface area contributed by atoms with E-state index in [-0.39, 0.29) is 6.71 Å². The van der Waals surface area contributed by atoms with Gasteiger partial charge in [0.2, 0.25) is 13.4 Å². The molecule has 0 aliphatic carbocycles. The Balaban J connectivity index is 1.69. The molecule has 0 radical (unpaired) electrons. The van der Waals surface area contributed by atoms with Crippen molar-refractivity contribution >= 4 is 47.0 Å². The van der Waals surface area contributed by atoms with Crippen LogP contribution in [0.2, 0.25) is 0 Å². The molecule has 1 aliphatic heterocycles. The highest BCUT2D eigenvalue weighted by Crippen LogP contribution is 2.37. The summed E-state index contributed by atoms with van der Waals surface area (Å²) >= 11 is 2.15. The predicted molar refractivity (Wildman–Crippen MR) is 197 cm³/mol. The van der Waals surface area contributed by atoms with Crippen molar-refractivity contribution in [2.75, 3.05) is 0 Å². The quantitative estimate of drug-likeness (QED) is 0.209. The van der Waals surface area contributed by atoms with Gasteiger partial charge in [-0.1, -0.05) is 143 Å².